The fourth-order valence-electron chi connectivity index (χ4n) is 2.08. The van der Waals surface area contributed by atoms with Gasteiger partial charge in [-0.3, -0.25) is 4.79 Å². The van der Waals surface area contributed by atoms with Crippen molar-refractivity contribution >= 4 is 5.97 Å². The minimum Gasteiger partial charge on any atom is -0.496 e. The minimum atomic E-state index is -0.303. The zero-order valence-electron chi connectivity index (χ0n) is 12.7. The van der Waals surface area contributed by atoms with E-state index in [1.165, 1.54) is 0 Å². The lowest BCUT2D eigenvalue weighted by atomic mass is 9.84. The normalized spacial score (nSPS) is 11.2. The molecule has 4 nitrogen and oxygen atoms in total. The number of carbonyl (C=O) groups is 1. The third kappa shape index (κ3) is 4.53. The van der Waals surface area contributed by atoms with Crippen molar-refractivity contribution < 1.29 is 19.4 Å². The van der Waals surface area contributed by atoms with E-state index in [0.717, 1.165) is 16.9 Å². The Morgan fingerprint density at radius 2 is 2.00 bits per heavy atom. The van der Waals surface area contributed by atoms with Crippen LogP contribution in [0.15, 0.2) is 18.2 Å². The first-order valence-corrected chi connectivity index (χ1v) is 6.83. The molecule has 112 valence electrons. The van der Waals surface area contributed by atoms with Crippen LogP contribution in [0.5, 0.6) is 5.75 Å². The third-order valence-corrected chi connectivity index (χ3v) is 3.06. The monoisotopic (exact) mass is 280 g/mol. The van der Waals surface area contributed by atoms with Gasteiger partial charge in [0.15, 0.2) is 0 Å². The second kappa shape index (κ2) is 7.29. The van der Waals surface area contributed by atoms with E-state index < -0.39 is 0 Å². The quantitative estimate of drug-likeness (QED) is 0.813. The van der Waals surface area contributed by atoms with Gasteiger partial charge in [-0.1, -0.05) is 39.0 Å². The van der Waals surface area contributed by atoms with Gasteiger partial charge in [0, 0.05) is 6.42 Å². The van der Waals surface area contributed by atoms with Crippen LogP contribution >= 0.6 is 0 Å². The smallest absolute Gasteiger partial charge is 0.306 e. The van der Waals surface area contributed by atoms with E-state index in [9.17, 15) is 4.79 Å². The molecule has 1 N–H and O–H groups in total. The molecule has 0 saturated carbocycles. The van der Waals surface area contributed by atoms with Crippen LogP contribution in [0, 0.1) is 0 Å². The van der Waals surface area contributed by atoms with Gasteiger partial charge >= 0.3 is 5.97 Å². The SMILES string of the molecule is COc1c(CCC(=O)OCCO)cccc1C(C)(C)C. The number of esters is 1. The highest BCUT2D eigenvalue weighted by atomic mass is 16.5. The Bertz CT molecular complexity index is 446. The predicted molar refractivity (Wildman–Crippen MR) is 78.1 cm³/mol. The molecule has 0 heterocycles. The molecule has 0 bridgehead atoms. The van der Waals surface area contributed by atoms with Gasteiger partial charge in [-0.2, -0.15) is 0 Å². The summed E-state index contributed by atoms with van der Waals surface area (Å²) >= 11 is 0. The molecule has 0 aliphatic carbocycles. The van der Waals surface area contributed by atoms with Crippen LogP contribution in [-0.4, -0.2) is 31.4 Å². The van der Waals surface area contributed by atoms with Crippen molar-refractivity contribution in [1.29, 1.82) is 0 Å². The third-order valence-electron chi connectivity index (χ3n) is 3.06. The summed E-state index contributed by atoms with van der Waals surface area (Å²) in [6.45, 7) is 6.30. The summed E-state index contributed by atoms with van der Waals surface area (Å²) in [6, 6.07) is 6.00. The molecule has 0 unspecified atom stereocenters. The van der Waals surface area contributed by atoms with Gasteiger partial charge in [0.05, 0.1) is 13.7 Å². The number of methoxy groups -OCH3 is 1. The van der Waals surface area contributed by atoms with Crippen LogP contribution in [0.2, 0.25) is 0 Å². The van der Waals surface area contributed by atoms with Crippen LogP contribution < -0.4 is 4.74 Å². The molecule has 0 aliphatic rings. The Morgan fingerprint density at radius 3 is 2.55 bits per heavy atom. The standard InChI is InChI=1S/C16H24O4/c1-16(2,3)13-7-5-6-12(15(13)19-4)8-9-14(18)20-11-10-17/h5-7,17H,8-11H2,1-4H3. The molecule has 0 fully saturated rings. The van der Waals surface area contributed by atoms with Crippen molar-refractivity contribution in [2.45, 2.75) is 39.0 Å². The van der Waals surface area contributed by atoms with Gasteiger partial charge in [-0.25, -0.2) is 0 Å². The Morgan fingerprint density at radius 1 is 1.30 bits per heavy atom. The molecule has 1 aromatic carbocycles. The van der Waals surface area contributed by atoms with Gasteiger partial charge in [-0.15, -0.1) is 0 Å². The predicted octanol–water partition coefficient (Wildman–Crippen LogP) is 2.46. The van der Waals surface area contributed by atoms with Gasteiger partial charge < -0.3 is 14.6 Å². The molecular formula is C16H24O4. The topological polar surface area (TPSA) is 55.8 Å². The fourth-order valence-corrected chi connectivity index (χ4v) is 2.08. The molecule has 0 aliphatic heterocycles. The average molecular weight is 280 g/mol. The number of ether oxygens (including phenoxy) is 2. The molecule has 20 heavy (non-hydrogen) atoms. The minimum absolute atomic E-state index is 0.0151. The zero-order valence-corrected chi connectivity index (χ0v) is 12.7. The number of benzene rings is 1. The molecule has 1 rings (SSSR count). The molecular weight excluding hydrogens is 256 g/mol. The van der Waals surface area contributed by atoms with E-state index in [-0.39, 0.29) is 31.0 Å². The van der Waals surface area contributed by atoms with Gasteiger partial charge in [0.25, 0.3) is 0 Å². The number of aryl methyl sites for hydroxylation is 1. The summed E-state index contributed by atoms with van der Waals surface area (Å²) < 4.78 is 10.4. The largest absolute Gasteiger partial charge is 0.496 e. The van der Waals surface area contributed by atoms with Crippen molar-refractivity contribution in [2.24, 2.45) is 0 Å². The van der Waals surface area contributed by atoms with E-state index in [4.69, 9.17) is 14.6 Å². The highest BCUT2D eigenvalue weighted by Gasteiger charge is 2.21. The molecule has 4 heteroatoms. The number of hydrogen-bond acceptors (Lipinski definition) is 4. The summed E-state index contributed by atoms with van der Waals surface area (Å²) in [6.07, 6.45) is 0.849. The average Bonchev–Trinajstić information content (AvgIpc) is 2.41. The Kier molecular flexibility index (Phi) is 6.02. The van der Waals surface area contributed by atoms with Crippen molar-refractivity contribution in [2.75, 3.05) is 20.3 Å². The molecule has 0 spiro atoms. The summed E-state index contributed by atoms with van der Waals surface area (Å²) in [5, 5.41) is 8.61. The summed E-state index contributed by atoms with van der Waals surface area (Å²) in [5.41, 5.74) is 2.11. The summed E-state index contributed by atoms with van der Waals surface area (Å²) in [4.78, 5) is 11.5. The maximum atomic E-state index is 11.5. The highest BCUT2D eigenvalue weighted by Crippen LogP contribution is 2.34. The maximum Gasteiger partial charge on any atom is 0.306 e. The van der Waals surface area contributed by atoms with Gasteiger partial charge in [0.2, 0.25) is 0 Å². The van der Waals surface area contributed by atoms with Crippen LogP contribution in [-0.2, 0) is 21.4 Å². The number of rotatable bonds is 6. The van der Waals surface area contributed by atoms with Crippen LogP contribution in [0.4, 0.5) is 0 Å². The first kappa shape index (κ1) is 16.5. The van der Waals surface area contributed by atoms with Crippen molar-refractivity contribution in [3.8, 4) is 5.75 Å². The number of aliphatic hydroxyl groups excluding tert-OH is 1. The van der Waals surface area contributed by atoms with Gasteiger partial charge in [-0.05, 0) is 23.0 Å². The highest BCUT2D eigenvalue weighted by molar-refractivity contribution is 5.70. The number of carbonyl (C=O) groups excluding carboxylic acids is 1. The summed E-state index contributed by atoms with van der Waals surface area (Å²) in [7, 11) is 1.65. The van der Waals surface area contributed by atoms with Crippen LogP contribution in [0.3, 0.4) is 0 Å². The number of aliphatic hydroxyl groups is 1. The second-order valence-electron chi connectivity index (χ2n) is 5.69. The zero-order chi connectivity index (χ0) is 15.2. The van der Waals surface area contributed by atoms with E-state index >= 15 is 0 Å². The lowest BCUT2D eigenvalue weighted by Gasteiger charge is -2.23. The van der Waals surface area contributed by atoms with E-state index in [0.29, 0.717) is 6.42 Å². The molecule has 0 saturated heterocycles. The first-order chi connectivity index (χ1) is 9.40. The molecule has 0 amide bonds. The second-order valence-corrected chi connectivity index (χ2v) is 5.69. The van der Waals surface area contributed by atoms with Crippen LogP contribution in [0.1, 0.15) is 38.3 Å². The Balaban J connectivity index is 2.83. The Hall–Kier alpha value is -1.55. The first-order valence-electron chi connectivity index (χ1n) is 6.83. The summed E-state index contributed by atoms with van der Waals surface area (Å²) in [5.74, 6) is 0.539. The lowest BCUT2D eigenvalue weighted by molar-refractivity contribution is -0.144. The number of hydrogen-bond donors (Lipinski definition) is 1. The van der Waals surface area contributed by atoms with E-state index in [1.807, 2.05) is 18.2 Å². The van der Waals surface area contributed by atoms with Crippen LogP contribution in [0.25, 0.3) is 0 Å². The van der Waals surface area contributed by atoms with E-state index in [2.05, 4.69) is 20.8 Å². The molecule has 0 radical (unpaired) electrons. The van der Waals surface area contributed by atoms with Crippen molar-refractivity contribution in [3.05, 3.63) is 29.3 Å². The lowest BCUT2D eigenvalue weighted by Crippen LogP contribution is -2.14. The van der Waals surface area contributed by atoms with E-state index in [1.54, 1.807) is 7.11 Å². The maximum absolute atomic E-state index is 11.5. The van der Waals surface area contributed by atoms with Gasteiger partial charge in [0.1, 0.15) is 12.4 Å². The Labute approximate surface area is 120 Å². The molecule has 0 aromatic heterocycles. The number of para-hydroxylation sites is 1. The fraction of sp³-hybridized carbons (Fsp3) is 0.562. The molecule has 1 aromatic rings. The van der Waals surface area contributed by atoms with Crippen molar-refractivity contribution in [1.82, 2.24) is 0 Å². The molecule has 0 atom stereocenters. The van der Waals surface area contributed by atoms with Crippen molar-refractivity contribution in [3.63, 3.8) is 0 Å².